The van der Waals surface area contributed by atoms with Crippen molar-refractivity contribution < 1.29 is 19.2 Å². The lowest BCUT2D eigenvalue weighted by Crippen LogP contribution is -2.59. The van der Waals surface area contributed by atoms with E-state index in [1.165, 1.54) is 43.0 Å². The summed E-state index contributed by atoms with van der Waals surface area (Å²) in [5.74, 6) is 1.82. The molecule has 0 radical (unpaired) electrons. The van der Waals surface area contributed by atoms with Crippen molar-refractivity contribution in [2.24, 2.45) is 17.8 Å². The van der Waals surface area contributed by atoms with Gasteiger partial charge in [0, 0.05) is 29.9 Å². The van der Waals surface area contributed by atoms with E-state index in [-0.39, 0.29) is 27.9 Å². The largest absolute Gasteiger partial charge is 0.465 e. The monoisotopic (exact) mass is 584 g/mol. The number of benzene rings is 2. The van der Waals surface area contributed by atoms with Crippen LogP contribution in [0.5, 0.6) is 5.75 Å². The third-order valence-electron chi connectivity index (χ3n) is 10.2. The molecule has 6 rings (SSSR count). The lowest BCUT2D eigenvalue weighted by molar-refractivity contribution is -0.384. The molecule has 1 fully saturated rings. The number of nitro benzene ring substituents is 1. The fourth-order valence-corrected chi connectivity index (χ4v) is 7.76. The lowest BCUT2D eigenvalue weighted by Gasteiger charge is -2.47. The second kappa shape index (κ2) is 12.2. The number of hydrogen-bond acceptors (Lipinski definition) is 6. The molecule has 228 valence electrons. The van der Waals surface area contributed by atoms with Gasteiger partial charge in [0.25, 0.3) is 5.69 Å². The minimum absolute atomic E-state index is 0.0185. The van der Waals surface area contributed by atoms with E-state index in [9.17, 15) is 14.9 Å². The van der Waals surface area contributed by atoms with Crippen molar-refractivity contribution in [1.29, 1.82) is 0 Å². The fraction of sp³-hybridized carbons (Fsp3) is 0.528. The Bertz CT molecular complexity index is 1410. The molecule has 4 unspecified atom stereocenters. The Morgan fingerprint density at radius 3 is 2.47 bits per heavy atom. The first-order valence-electron chi connectivity index (χ1n) is 16.2. The SMILES string of the molecule is CC1(C)c2ccccc2N(CCCCCCCCCCOC(=O)C2CC3C=CC2C3)C12C=Cc1cc([N+](=O)[O-])ccc1O2. The minimum atomic E-state index is -0.697. The van der Waals surface area contributed by atoms with Gasteiger partial charge in [0.05, 0.1) is 22.9 Å². The van der Waals surface area contributed by atoms with Crippen molar-refractivity contribution in [1.82, 2.24) is 0 Å². The quantitative estimate of drug-likeness (QED) is 0.0773. The van der Waals surface area contributed by atoms with E-state index < -0.39 is 5.72 Å². The van der Waals surface area contributed by atoms with E-state index in [4.69, 9.17) is 9.47 Å². The zero-order valence-corrected chi connectivity index (χ0v) is 25.5. The molecule has 2 heterocycles. The molecular formula is C36H44N2O5. The first kappa shape index (κ1) is 29.5. The molecule has 7 heteroatoms. The van der Waals surface area contributed by atoms with E-state index in [0.29, 0.717) is 24.2 Å². The Kier molecular flexibility index (Phi) is 8.34. The Morgan fingerprint density at radius 2 is 1.74 bits per heavy atom. The van der Waals surface area contributed by atoms with Crippen LogP contribution in [0.1, 0.15) is 89.2 Å². The summed E-state index contributed by atoms with van der Waals surface area (Å²) in [6.45, 7) is 5.88. The summed E-state index contributed by atoms with van der Waals surface area (Å²) in [4.78, 5) is 25.7. The highest BCUT2D eigenvalue weighted by Crippen LogP contribution is 2.55. The molecule has 43 heavy (non-hydrogen) atoms. The third-order valence-corrected chi connectivity index (χ3v) is 10.2. The van der Waals surface area contributed by atoms with E-state index in [1.54, 1.807) is 12.1 Å². The van der Waals surface area contributed by atoms with Crippen molar-refractivity contribution in [3.8, 4) is 5.75 Å². The molecular weight excluding hydrogens is 540 g/mol. The summed E-state index contributed by atoms with van der Waals surface area (Å²) < 4.78 is 12.4. The van der Waals surface area contributed by atoms with Crippen LogP contribution in [0.4, 0.5) is 11.4 Å². The van der Waals surface area contributed by atoms with Crippen LogP contribution in [-0.4, -0.2) is 29.8 Å². The van der Waals surface area contributed by atoms with Crippen LogP contribution in [0, 0.1) is 27.9 Å². The molecule has 2 aliphatic heterocycles. The number of nitro groups is 1. The van der Waals surface area contributed by atoms with Crippen LogP contribution in [0.15, 0.2) is 60.7 Å². The number of nitrogens with zero attached hydrogens (tertiary/aromatic N) is 2. The normalized spacial score (nSPS) is 25.5. The van der Waals surface area contributed by atoms with Gasteiger partial charge in [-0.25, -0.2) is 0 Å². The van der Waals surface area contributed by atoms with Crippen molar-refractivity contribution >= 4 is 23.4 Å². The third kappa shape index (κ3) is 5.59. The summed E-state index contributed by atoms with van der Waals surface area (Å²) in [6.07, 6.45) is 19.8. The Labute approximate surface area is 255 Å². The van der Waals surface area contributed by atoms with Crippen LogP contribution >= 0.6 is 0 Å². The highest BCUT2D eigenvalue weighted by molar-refractivity contribution is 5.74. The zero-order valence-electron chi connectivity index (χ0n) is 25.5. The molecule has 1 saturated carbocycles. The fourth-order valence-electron chi connectivity index (χ4n) is 7.76. The molecule has 0 saturated heterocycles. The van der Waals surface area contributed by atoms with Gasteiger partial charge in [-0.2, -0.15) is 0 Å². The van der Waals surface area contributed by atoms with Crippen LogP contribution in [0.3, 0.4) is 0 Å². The average Bonchev–Trinajstić information content (AvgIpc) is 3.69. The van der Waals surface area contributed by atoms with Gasteiger partial charge in [-0.1, -0.05) is 68.9 Å². The van der Waals surface area contributed by atoms with Gasteiger partial charge in [0.1, 0.15) is 5.75 Å². The van der Waals surface area contributed by atoms with Crippen LogP contribution in [0.2, 0.25) is 0 Å². The minimum Gasteiger partial charge on any atom is -0.465 e. The zero-order chi connectivity index (χ0) is 30.0. The molecule has 0 N–H and O–H groups in total. The Morgan fingerprint density at radius 1 is 1.00 bits per heavy atom. The highest BCUT2D eigenvalue weighted by atomic mass is 16.6. The number of ether oxygens (including phenoxy) is 2. The number of esters is 1. The van der Waals surface area contributed by atoms with Gasteiger partial charge in [-0.3, -0.25) is 14.9 Å². The first-order valence-corrected chi connectivity index (χ1v) is 16.2. The van der Waals surface area contributed by atoms with Crippen molar-refractivity contribution in [2.45, 2.75) is 89.2 Å². The molecule has 2 aliphatic carbocycles. The summed E-state index contributed by atoms with van der Waals surface area (Å²) in [5, 5.41) is 11.3. The Hall–Kier alpha value is -3.61. The number of fused-ring (bicyclic) bond motifs is 4. The maximum atomic E-state index is 12.4. The maximum absolute atomic E-state index is 12.4. The smallest absolute Gasteiger partial charge is 0.309 e. The molecule has 0 aromatic heterocycles. The van der Waals surface area contributed by atoms with Crippen molar-refractivity contribution in [3.05, 3.63) is 81.9 Å². The number of rotatable bonds is 13. The molecule has 2 bridgehead atoms. The van der Waals surface area contributed by atoms with Gasteiger partial charge < -0.3 is 14.4 Å². The van der Waals surface area contributed by atoms with Gasteiger partial charge in [0.2, 0.25) is 5.72 Å². The second-order valence-electron chi connectivity index (χ2n) is 13.3. The summed E-state index contributed by atoms with van der Waals surface area (Å²) in [7, 11) is 0. The maximum Gasteiger partial charge on any atom is 0.309 e. The number of hydrogen-bond donors (Lipinski definition) is 0. The number of carbonyl (C=O) groups excluding carboxylic acids is 1. The summed E-state index contributed by atoms with van der Waals surface area (Å²) in [6, 6.07) is 13.4. The molecule has 4 aliphatic rings. The van der Waals surface area contributed by atoms with Gasteiger partial charge in [-0.15, -0.1) is 0 Å². The van der Waals surface area contributed by atoms with Crippen molar-refractivity contribution in [3.63, 3.8) is 0 Å². The topological polar surface area (TPSA) is 81.9 Å². The average molecular weight is 585 g/mol. The number of non-ortho nitro benzene ring substituents is 1. The lowest BCUT2D eigenvalue weighted by atomic mass is 9.76. The number of para-hydroxylation sites is 1. The first-order chi connectivity index (χ1) is 20.8. The summed E-state index contributed by atoms with van der Waals surface area (Å²) >= 11 is 0. The number of anilines is 1. The van der Waals surface area contributed by atoms with Gasteiger partial charge >= 0.3 is 5.97 Å². The molecule has 2 aromatic rings. The summed E-state index contributed by atoms with van der Waals surface area (Å²) in [5.41, 5.74) is 2.24. The molecule has 2 aromatic carbocycles. The van der Waals surface area contributed by atoms with Crippen LogP contribution in [0.25, 0.3) is 6.08 Å². The van der Waals surface area contributed by atoms with Crippen LogP contribution in [-0.2, 0) is 14.9 Å². The molecule has 0 amide bonds. The number of allylic oxidation sites excluding steroid dienone is 2. The van der Waals surface area contributed by atoms with E-state index in [1.807, 2.05) is 6.08 Å². The predicted molar refractivity (Wildman–Crippen MR) is 169 cm³/mol. The van der Waals surface area contributed by atoms with Gasteiger partial charge in [0.15, 0.2) is 0 Å². The number of carbonyl (C=O) groups is 1. The van der Waals surface area contributed by atoms with E-state index in [2.05, 4.69) is 61.2 Å². The Balaban J connectivity index is 0.955. The number of unbranched alkanes of at least 4 members (excludes halogenated alkanes) is 7. The predicted octanol–water partition coefficient (Wildman–Crippen LogP) is 8.37. The highest BCUT2D eigenvalue weighted by Gasteiger charge is 2.58. The second-order valence-corrected chi connectivity index (χ2v) is 13.3. The standard InChI is InChI=1S/C36H44N2O5/c1-35(2)31-13-9-10-14-32(31)37(36(35)20-19-28-25-29(38(40)41)17-18-33(28)43-36)21-11-7-5-3-4-6-8-12-22-42-34(39)30-24-26-15-16-27(30)23-26/h9-10,13-20,25-27,30H,3-8,11-12,21-24H2,1-2H3. The van der Waals surface area contributed by atoms with E-state index in [0.717, 1.165) is 50.6 Å². The van der Waals surface area contributed by atoms with E-state index >= 15 is 0 Å². The molecule has 1 spiro atoms. The molecule has 4 atom stereocenters. The molecule has 7 nitrogen and oxygen atoms in total. The van der Waals surface area contributed by atoms with Crippen LogP contribution < -0.4 is 9.64 Å². The van der Waals surface area contributed by atoms with Crippen molar-refractivity contribution in [2.75, 3.05) is 18.1 Å². The van der Waals surface area contributed by atoms with Gasteiger partial charge in [-0.05, 0) is 81.2 Å².